The molecule has 0 amide bonds. The lowest BCUT2D eigenvalue weighted by atomic mass is 9.99. The average Bonchev–Trinajstić information content (AvgIpc) is 3.28. The highest BCUT2D eigenvalue weighted by molar-refractivity contribution is 7.92. The molecule has 0 radical (unpaired) electrons. The minimum Gasteiger partial charge on any atom is -0.506 e. The average molecular weight is 570 g/mol. The Bertz CT molecular complexity index is 1330. The molecule has 0 fully saturated rings. The molecule has 1 aliphatic heterocycles. The number of hydrazone groups is 1. The van der Waals surface area contributed by atoms with Crippen LogP contribution in [0.1, 0.15) is 56.2 Å². The second-order valence-corrected chi connectivity index (χ2v) is 12.3. The van der Waals surface area contributed by atoms with Crippen molar-refractivity contribution in [2.75, 3.05) is 23.9 Å². The summed E-state index contributed by atoms with van der Waals surface area (Å²) in [5.74, 6) is -1.72. The van der Waals surface area contributed by atoms with Crippen molar-refractivity contribution < 1.29 is 36.6 Å². The van der Waals surface area contributed by atoms with Crippen LogP contribution in [-0.4, -0.2) is 55.5 Å². The zero-order chi connectivity index (χ0) is 29.1. The van der Waals surface area contributed by atoms with Crippen LogP contribution in [0.3, 0.4) is 0 Å². The Hall–Kier alpha value is -3.28. The van der Waals surface area contributed by atoms with Crippen LogP contribution in [0.5, 0.6) is 5.75 Å². The van der Waals surface area contributed by atoms with E-state index in [1.54, 1.807) is 19.2 Å². The third kappa shape index (κ3) is 7.43. The third-order valence-electron chi connectivity index (χ3n) is 6.50. The molecule has 0 saturated carbocycles. The van der Waals surface area contributed by atoms with Crippen LogP contribution in [0.25, 0.3) is 0 Å². The number of anilines is 1. The van der Waals surface area contributed by atoms with E-state index >= 15 is 0 Å². The van der Waals surface area contributed by atoms with Gasteiger partial charge in [-0.05, 0) is 60.6 Å². The number of benzene rings is 2. The van der Waals surface area contributed by atoms with Crippen molar-refractivity contribution in [3.8, 4) is 5.75 Å². The number of carboxylic acid groups (broad SMARTS) is 1. The van der Waals surface area contributed by atoms with Crippen molar-refractivity contribution in [1.29, 1.82) is 0 Å². The Morgan fingerprint density at radius 1 is 1.18 bits per heavy atom. The van der Waals surface area contributed by atoms with E-state index in [-0.39, 0.29) is 42.3 Å². The Morgan fingerprint density at radius 3 is 2.49 bits per heavy atom. The van der Waals surface area contributed by atoms with Gasteiger partial charge in [-0.2, -0.15) is 18.3 Å². The van der Waals surface area contributed by atoms with Crippen LogP contribution >= 0.6 is 0 Å². The van der Waals surface area contributed by atoms with Gasteiger partial charge in [0.15, 0.2) is 0 Å². The number of hydrogen-bond donors (Lipinski definition) is 2. The molecule has 0 bridgehead atoms. The molecule has 0 aliphatic carbocycles. The fraction of sp³-hybridized carbons (Fsp3) is 0.481. The molecule has 39 heavy (non-hydrogen) atoms. The second kappa shape index (κ2) is 11.8. The largest absolute Gasteiger partial charge is 0.506 e. The lowest BCUT2D eigenvalue weighted by Crippen LogP contribution is -2.36. The Kier molecular flexibility index (Phi) is 9.20. The predicted molar refractivity (Wildman–Crippen MR) is 142 cm³/mol. The summed E-state index contributed by atoms with van der Waals surface area (Å²) in [6.07, 6.45) is -3.11. The van der Waals surface area contributed by atoms with Gasteiger partial charge in [0.1, 0.15) is 5.75 Å². The van der Waals surface area contributed by atoms with Crippen LogP contribution in [0.2, 0.25) is 0 Å². The number of halogens is 3. The van der Waals surface area contributed by atoms with Gasteiger partial charge in [0.05, 0.1) is 16.1 Å². The van der Waals surface area contributed by atoms with Crippen LogP contribution in [0.15, 0.2) is 46.4 Å². The van der Waals surface area contributed by atoms with Crippen LogP contribution in [-0.2, 0) is 21.0 Å². The number of hydrogen-bond acceptors (Lipinski definition) is 6. The second-order valence-electron chi connectivity index (χ2n) is 10.4. The van der Waals surface area contributed by atoms with Crippen molar-refractivity contribution >= 4 is 27.9 Å². The Labute approximate surface area is 226 Å². The molecule has 2 atom stereocenters. The van der Waals surface area contributed by atoms with Gasteiger partial charge >= 0.3 is 12.1 Å². The van der Waals surface area contributed by atoms with Crippen molar-refractivity contribution in [2.24, 2.45) is 16.9 Å². The fourth-order valence-corrected chi connectivity index (χ4v) is 6.29. The number of carboxylic acids is 1. The molecule has 0 spiro atoms. The van der Waals surface area contributed by atoms with Crippen LogP contribution in [0.4, 0.5) is 18.9 Å². The molecule has 2 unspecified atom stereocenters. The molecule has 0 saturated heterocycles. The zero-order valence-corrected chi connectivity index (χ0v) is 23.1. The molecule has 1 aliphatic rings. The topological polar surface area (TPSA) is 111 Å². The number of rotatable bonds is 11. The lowest BCUT2D eigenvalue weighted by molar-refractivity contribution is -0.138. The first-order valence-electron chi connectivity index (χ1n) is 12.6. The summed E-state index contributed by atoms with van der Waals surface area (Å²) in [7, 11) is -4.61. The quantitative estimate of drug-likeness (QED) is 0.372. The minimum atomic E-state index is -4.76. The third-order valence-corrected chi connectivity index (χ3v) is 8.42. The number of aromatic hydroxyl groups is 1. The van der Waals surface area contributed by atoms with Gasteiger partial charge in [-0.15, -0.1) is 0 Å². The molecule has 12 heteroatoms. The fourth-order valence-electron chi connectivity index (χ4n) is 4.44. The molecule has 2 aromatic rings. The van der Waals surface area contributed by atoms with Gasteiger partial charge in [-0.25, -0.2) is 8.42 Å². The van der Waals surface area contributed by atoms with Gasteiger partial charge in [0.25, 0.3) is 10.0 Å². The number of sulfonamides is 1. The minimum absolute atomic E-state index is 0.0952. The van der Waals surface area contributed by atoms with E-state index in [0.29, 0.717) is 24.1 Å². The smallest absolute Gasteiger partial charge is 0.416 e. The van der Waals surface area contributed by atoms with Crippen molar-refractivity contribution in [2.45, 2.75) is 57.5 Å². The van der Waals surface area contributed by atoms with Gasteiger partial charge in [0, 0.05) is 38.2 Å². The molecular formula is C27H34F3N3O5S. The summed E-state index contributed by atoms with van der Waals surface area (Å²) < 4.78 is 69.2. The number of aliphatic carboxylic acids is 1. The number of aryl methyl sites for hydroxylation is 1. The van der Waals surface area contributed by atoms with E-state index in [4.69, 9.17) is 5.11 Å². The number of nitrogens with zero attached hydrogens (tertiary/aromatic N) is 3. The summed E-state index contributed by atoms with van der Waals surface area (Å²) in [5, 5.41) is 26.2. The summed E-state index contributed by atoms with van der Waals surface area (Å²) in [4.78, 5) is 10.6. The first-order chi connectivity index (χ1) is 18.1. The van der Waals surface area contributed by atoms with E-state index in [1.807, 2.05) is 5.01 Å². The zero-order valence-electron chi connectivity index (χ0n) is 22.3. The molecule has 214 valence electrons. The molecule has 0 aromatic heterocycles. The Morgan fingerprint density at radius 2 is 1.87 bits per heavy atom. The summed E-state index contributed by atoms with van der Waals surface area (Å²) >= 11 is 0. The predicted octanol–water partition coefficient (Wildman–Crippen LogP) is 5.46. The van der Waals surface area contributed by atoms with E-state index in [1.165, 1.54) is 19.1 Å². The highest BCUT2D eigenvalue weighted by Gasteiger charge is 2.35. The molecule has 3 rings (SSSR count). The van der Waals surface area contributed by atoms with Gasteiger partial charge in [-0.1, -0.05) is 32.9 Å². The highest BCUT2D eigenvalue weighted by atomic mass is 32.2. The number of phenols is 1. The summed E-state index contributed by atoms with van der Waals surface area (Å²) in [6, 6.07) is 7.02. The maximum absolute atomic E-state index is 14.0. The lowest BCUT2D eigenvalue weighted by Gasteiger charge is -2.29. The molecule has 1 heterocycles. The Balaban J connectivity index is 2.08. The van der Waals surface area contributed by atoms with E-state index < -0.39 is 38.5 Å². The maximum atomic E-state index is 14.0. The summed E-state index contributed by atoms with van der Waals surface area (Å²) in [5.41, 5.74) is -0.427. The van der Waals surface area contributed by atoms with Crippen molar-refractivity contribution in [1.82, 2.24) is 5.01 Å². The van der Waals surface area contributed by atoms with E-state index in [2.05, 4.69) is 18.9 Å². The van der Waals surface area contributed by atoms with Crippen LogP contribution in [0, 0.1) is 18.8 Å². The normalized spacial score (nSPS) is 16.6. The summed E-state index contributed by atoms with van der Waals surface area (Å²) in [6.45, 7) is 8.20. The maximum Gasteiger partial charge on any atom is 0.416 e. The van der Waals surface area contributed by atoms with Crippen molar-refractivity contribution in [3.05, 3.63) is 53.1 Å². The molecular weight excluding hydrogens is 535 g/mol. The number of alkyl halides is 3. The van der Waals surface area contributed by atoms with Crippen LogP contribution < -0.4 is 4.31 Å². The van der Waals surface area contributed by atoms with Gasteiger partial charge in [-0.3, -0.25) is 14.1 Å². The molecule has 2 aromatic carbocycles. The van der Waals surface area contributed by atoms with Gasteiger partial charge < -0.3 is 10.2 Å². The SMILES string of the molecule is Cc1ccc(C(F)(F)F)cc1S(=O)(=O)N(CC(C)CCC(=O)O)c1cc(C2C=NN(CC(C)C)C2)ccc1O. The van der Waals surface area contributed by atoms with E-state index in [0.717, 1.165) is 23.0 Å². The van der Waals surface area contributed by atoms with Crippen molar-refractivity contribution in [3.63, 3.8) is 0 Å². The first kappa shape index (κ1) is 30.3. The van der Waals surface area contributed by atoms with Gasteiger partial charge in [0.2, 0.25) is 0 Å². The first-order valence-corrected chi connectivity index (χ1v) is 14.1. The molecule has 2 N–H and O–H groups in total. The van der Waals surface area contributed by atoms with E-state index in [9.17, 15) is 31.5 Å². The monoisotopic (exact) mass is 569 g/mol. The number of carbonyl (C=O) groups is 1. The number of phenolic OH excluding ortho intramolecular Hbond substituents is 1. The molecule has 8 nitrogen and oxygen atoms in total. The standard InChI is InChI=1S/C27H34F3N3O5S/c1-17(2)14-32-16-21(13-31-32)20-7-9-24(34)23(11-20)33(15-18(3)5-10-26(35)36)39(37,38)25-12-22(27(28,29)30)8-6-19(25)4/h6-9,11-13,17-18,21,34H,5,10,14-16H2,1-4H3,(H,35,36). The highest BCUT2D eigenvalue weighted by Crippen LogP contribution is 2.38.